The lowest BCUT2D eigenvalue weighted by molar-refractivity contribution is 0.0776. The zero-order valence-electron chi connectivity index (χ0n) is 13.0. The molecular formula is C16H25ClN2O3. The van der Waals surface area contributed by atoms with Crippen molar-refractivity contribution in [2.24, 2.45) is 11.7 Å². The van der Waals surface area contributed by atoms with Gasteiger partial charge in [-0.3, -0.25) is 4.79 Å². The van der Waals surface area contributed by atoms with E-state index >= 15 is 0 Å². The molecule has 1 fully saturated rings. The van der Waals surface area contributed by atoms with Crippen molar-refractivity contribution in [3.05, 3.63) is 29.8 Å². The molecule has 5 nitrogen and oxygen atoms in total. The number of hydrogen-bond acceptors (Lipinski definition) is 4. The summed E-state index contributed by atoms with van der Waals surface area (Å²) in [5, 5.41) is 0. The van der Waals surface area contributed by atoms with E-state index in [4.69, 9.17) is 15.2 Å². The van der Waals surface area contributed by atoms with Gasteiger partial charge in [-0.05, 0) is 37.9 Å². The highest BCUT2D eigenvalue weighted by atomic mass is 35.5. The number of carbonyl (C=O) groups is 1. The summed E-state index contributed by atoms with van der Waals surface area (Å²) in [4.78, 5) is 14.5. The van der Waals surface area contributed by atoms with E-state index in [1.54, 1.807) is 0 Å². The molecule has 1 aliphatic heterocycles. The van der Waals surface area contributed by atoms with E-state index in [1.165, 1.54) is 0 Å². The first-order chi connectivity index (χ1) is 10.3. The van der Waals surface area contributed by atoms with Gasteiger partial charge >= 0.3 is 0 Å². The Labute approximate surface area is 138 Å². The lowest BCUT2D eigenvalue weighted by Crippen LogP contribution is -2.30. The first kappa shape index (κ1) is 18.7. The highest BCUT2D eigenvalue weighted by Gasteiger charge is 2.27. The minimum absolute atomic E-state index is 0. The molecule has 2 N–H and O–H groups in total. The Kier molecular flexibility index (Phi) is 8.24. The van der Waals surface area contributed by atoms with E-state index in [0.29, 0.717) is 43.6 Å². The molecule has 6 heteroatoms. The highest BCUT2D eigenvalue weighted by Crippen LogP contribution is 2.23. The van der Waals surface area contributed by atoms with Crippen LogP contribution >= 0.6 is 12.4 Å². The molecule has 1 atom stereocenters. The average molecular weight is 329 g/mol. The second-order valence-corrected chi connectivity index (χ2v) is 5.18. The Morgan fingerprint density at radius 3 is 2.82 bits per heavy atom. The van der Waals surface area contributed by atoms with Crippen molar-refractivity contribution in [3.8, 4) is 5.75 Å². The summed E-state index contributed by atoms with van der Waals surface area (Å²) in [6.07, 6.45) is 0.982. The monoisotopic (exact) mass is 328 g/mol. The Hall–Kier alpha value is -1.30. The molecule has 2 rings (SSSR count). The van der Waals surface area contributed by atoms with E-state index in [-0.39, 0.29) is 18.3 Å². The number of rotatable bonds is 7. The standard InChI is InChI=1S/C16H24N2O3.ClH/c1-2-20-9-10-21-15-6-4-3-5-14(15)16(19)18-8-7-13(11-17)12-18;/h3-6,13H,2,7-12,17H2,1H3;1H. The van der Waals surface area contributed by atoms with Gasteiger partial charge in [0.15, 0.2) is 0 Å². The molecule has 0 saturated carbocycles. The van der Waals surface area contributed by atoms with Gasteiger partial charge in [0.2, 0.25) is 0 Å². The van der Waals surface area contributed by atoms with Crippen molar-refractivity contribution in [2.45, 2.75) is 13.3 Å². The van der Waals surface area contributed by atoms with Crippen molar-refractivity contribution in [1.29, 1.82) is 0 Å². The molecule has 1 heterocycles. The van der Waals surface area contributed by atoms with Gasteiger partial charge in [-0.1, -0.05) is 12.1 Å². The van der Waals surface area contributed by atoms with Gasteiger partial charge in [-0.25, -0.2) is 0 Å². The Balaban J connectivity index is 0.00000242. The van der Waals surface area contributed by atoms with Crippen LogP contribution in [-0.4, -0.2) is 50.3 Å². The van der Waals surface area contributed by atoms with E-state index in [0.717, 1.165) is 19.5 Å². The number of nitrogens with zero attached hydrogens (tertiary/aromatic N) is 1. The van der Waals surface area contributed by atoms with Crippen LogP contribution in [0.25, 0.3) is 0 Å². The maximum atomic E-state index is 12.6. The van der Waals surface area contributed by atoms with Crippen LogP contribution in [0.5, 0.6) is 5.75 Å². The van der Waals surface area contributed by atoms with Crippen LogP contribution in [0.15, 0.2) is 24.3 Å². The fourth-order valence-electron chi connectivity index (χ4n) is 2.50. The van der Waals surface area contributed by atoms with Crippen LogP contribution < -0.4 is 10.5 Å². The number of amides is 1. The zero-order valence-corrected chi connectivity index (χ0v) is 13.8. The minimum atomic E-state index is 0. The molecule has 1 aliphatic rings. The molecule has 0 aliphatic carbocycles. The number of likely N-dealkylation sites (tertiary alicyclic amines) is 1. The summed E-state index contributed by atoms with van der Waals surface area (Å²) >= 11 is 0. The summed E-state index contributed by atoms with van der Waals surface area (Å²) in [6.45, 7) is 5.73. The molecule has 0 bridgehead atoms. The molecule has 0 aromatic heterocycles. The number of benzene rings is 1. The smallest absolute Gasteiger partial charge is 0.257 e. The second-order valence-electron chi connectivity index (χ2n) is 5.18. The summed E-state index contributed by atoms with van der Waals surface area (Å²) in [6, 6.07) is 7.38. The third-order valence-electron chi connectivity index (χ3n) is 3.71. The Morgan fingerprint density at radius 2 is 2.14 bits per heavy atom. The first-order valence-electron chi connectivity index (χ1n) is 7.55. The van der Waals surface area contributed by atoms with Gasteiger partial charge in [0.25, 0.3) is 5.91 Å². The third kappa shape index (κ3) is 4.87. The SMILES string of the molecule is CCOCCOc1ccccc1C(=O)N1CCC(CN)C1.Cl. The molecule has 1 unspecified atom stereocenters. The maximum Gasteiger partial charge on any atom is 0.257 e. The average Bonchev–Trinajstić information content (AvgIpc) is 3.00. The van der Waals surface area contributed by atoms with Crippen LogP contribution in [0.1, 0.15) is 23.7 Å². The lowest BCUT2D eigenvalue weighted by Gasteiger charge is -2.18. The van der Waals surface area contributed by atoms with Crippen LogP contribution in [0.4, 0.5) is 0 Å². The minimum Gasteiger partial charge on any atom is -0.490 e. The zero-order chi connectivity index (χ0) is 15.1. The van der Waals surface area contributed by atoms with Gasteiger partial charge in [0.1, 0.15) is 12.4 Å². The van der Waals surface area contributed by atoms with Crippen molar-refractivity contribution in [2.75, 3.05) is 39.5 Å². The van der Waals surface area contributed by atoms with Gasteiger partial charge in [0, 0.05) is 19.7 Å². The number of para-hydroxylation sites is 1. The molecule has 1 aromatic carbocycles. The van der Waals surface area contributed by atoms with Crippen molar-refractivity contribution in [1.82, 2.24) is 4.90 Å². The highest BCUT2D eigenvalue weighted by molar-refractivity contribution is 5.97. The van der Waals surface area contributed by atoms with Crippen molar-refractivity contribution in [3.63, 3.8) is 0 Å². The number of hydrogen-bond donors (Lipinski definition) is 1. The number of nitrogens with two attached hydrogens (primary N) is 1. The molecule has 1 saturated heterocycles. The van der Waals surface area contributed by atoms with Crippen molar-refractivity contribution >= 4 is 18.3 Å². The fraction of sp³-hybridized carbons (Fsp3) is 0.562. The Bertz CT molecular complexity index is 470. The number of halogens is 1. The van der Waals surface area contributed by atoms with Crippen molar-refractivity contribution < 1.29 is 14.3 Å². The molecule has 0 spiro atoms. The van der Waals surface area contributed by atoms with Crippen LogP contribution in [0.2, 0.25) is 0 Å². The molecule has 1 aromatic rings. The molecule has 1 amide bonds. The van der Waals surface area contributed by atoms with Crippen LogP contribution in [0.3, 0.4) is 0 Å². The van der Waals surface area contributed by atoms with Gasteiger partial charge in [0.05, 0.1) is 12.2 Å². The van der Waals surface area contributed by atoms with E-state index in [2.05, 4.69) is 0 Å². The molecule has 0 radical (unpaired) electrons. The predicted molar refractivity (Wildman–Crippen MR) is 88.7 cm³/mol. The fourth-order valence-corrected chi connectivity index (χ4v) is 2.50. The quantitative estimate of drug-likeness (QED) is 0.777. The summed E-state index contributed by atoms with van der Waals surface area (Å²) in [5.74, 6) is 1.07. The number of ether oxygens (including phenoxy) is 2. The molecule has 22 heavy (non-hydrogen) atoms. The topological polar surface area (TPSA) is 64.8 Å². The molecular weight excluding hydrogens is 304 g/mol. The number of carbonyl (C=O) groups excluding carboxylic acids is 1. The van der Waals surface area contributed by atoms with Crippen LogP contribution in [0, 0.1) is 5.92 Å². The first-order valence-corrected chi connectivity index (χ1v) is 7.55. The summed E-state index contributed by atoms with van der Waals surface area (Å²) in [5.41, 5.74) is 6.30. The summed E-state index contributed by atoms with van der Waals surface area (Å²) < 4.78 is 10.9. The maximum absolute atomic E-state index is 12.6. The van der Waals surface area contributed by atoms with E-state index in [1.807, 2.05) is 36.1 Å². The lowest BCUT2D eigenvalue weighted by atomic mass is 10.1. The largest absolute Gasteiger partial charge is 0.490 e. The van der Waals surface area contributed by atoms with E-state index < -0.39 is 0 Å². The summed E-state index contributed by atoms with van der Waals surface area (Å²) in [7, 11) is 0. The molecule has 124 valence electrons. The predicted octanol–water partition coefficient (Wildman–Crippen LogP) is 1.94. The second kappa shape index (κ2) is 9.66. The van der Waals surface area contributed by atoms with Gasteiger partial charge in [-0.2, -0.15) is 0 Å². The van der Waals surface area contributed by atoms with Gasteiger partial charge < -0.3 is 20.1 Å². The van der Waals surface area contributed by atoms with Crippen LogP contribution in [-0.2, 0) is 4.74 Å². The Morgan fingerprint density at radius 1 is 1.36 bits per heavy atom. The van der Waals surface area contributed by atoms with E-state index in [9.17, 15) is 4.79 Å². The normalized spacial score (nSPS) is 17.2. The third-order valence-corrected chi connectivity index (χ3v) is 3.71. The van der Waals surface area contributed by atoms with Gasteiger partial charge in [-0.15, -0.1) is 12.4 Å².